The van der Waals surface area contributed by atoms with Gasteiger partial charge in [-0.1, -0.05) is 19.9 Å². The van der Waals surface area contributed by atoms with Crippen LogP contribution < -0.4 is 5.32 Å². The summed E-state index contributed by atoms with van der Waals surface area (Å²) < 4.78 is 38.6. The second kappa shape index (κ2) is 5.50. The van der Waals surface area contributed by atoms with Crippen molar-refractivity contribution < 1.29 is 18.0 Å². The van der Waals surface area contributed by atoms with Gasteiger partial charge in [0.15, 0.2) is 0 Å². The lowest BCUT2D eigenvalue weighted by atomic mass is 9.75. The number of carbonyl (C=O) groups is 1. The van der Waals surface area contributed by atoms with Crippen LogP contribution in [-0.2, 0) is 22.8 Å². The molecule has 0 radical (unpaired) electrons. The number of halogens is 3. The topological polar surface area (TPSA) is 44.9 Å². The van der Waals surface area contributed by atoms with Crippen molar-refractivity contribution in [2.45, 2.75) is 44.7 Å². The molecule has 1 aliphatic carbocycles. The molecular formula is C20H19F3N2O. The zero-order valence-corrected chi connectivity index (χ0v) is 14.6. The number of rotatable bonds is 1. The van der Waals surface area contributed by atoms with Crippen LogP contribution in [0, 0.1) is 0 Å². The molecule has 2 N–H and O–H groups in total. The third-order valence-corrected chi connectivity index (χ3v) is 5.31. The summed E-state index contributed by atoms with van der Waals surface area (Å²) in [5, 5.41) is 2.54. The van der Waals surface area contributed by atoms with Crippen LogP contribution in [0.15, 0.2) is 24.3 Å². The maximum Gasteiger partial charge on any atom is 0.416 e. The van der Waals surface area contributed by atoms with E-state index in [2.05, 4.69) is 30.2 Å². The van der Waals surface area contributed by atoms with Crippen molar-refractivity contribution in [3.8, 4) is 0 Å². The summed E-state index contributed by atoms with van der Waals surface area (Å²) in [5.41, 5.74) is 3.63. The molecule has 1 amide bonds. The number of aromatic nitrogens is 1. The number of amides is 1. The normalized spacial score (nSPS) is 20.0. The first-order valence-corrected chi connectivity index (χ1v) is 8.62. The number of hydrogen-bond acceptors (Lipinski definition) is 1. The smallest absolute Gasteiger partial charge is 0.359 e. The van der Waals surface area contributed by atoms with Gasteiger partial charge in [-0.25, -0.2) is 0 Å². The standard InChI is InChI=1S/C20H19F3N2O/c1-19(2)7-3-4-16-15(19)10-12(24-16)9-14-13-6-5-11(20(21,22)23)8-17(13)25-18(14)26/h5-6,8-10,24H,3-4,7H2,1-2H3,(H,25,26). The fourth-order valence-corrected chi connectivity index (χ4v) is 3.91. The summed E-state index contributed by atoms with van der Waals surface area (Å²) in [6, 6.07) is 5.40. The van der Waals surface area contributed by atoms with E-state index in [9.17, 15) is 18.0 Å². The second-order valence-electron chi connectivity index (χ2n) is 7.62. The molecule has 0 bridgehead atoms. The molecule has 26 heavy (non-hydrogen) atoms. The summed E-state index contributed by atoms with van der Waals surface area (Å²) in [5.74, 6) is -0.383. The van der Waals surface area contributed by atoms with Crippen LogP contribution in [0.4, 0.5) is 18.9 Å². The van der Waals surface area contributed by atoms with E-state index in [4.69, 9.17) is 0 Å². The van der Waals surface area contributed by atoms with Crippen LogP contribution in [0.3, 0.4) is 0 Å². The van der Waals surface area contributed by atoms with E-state index in [1.807, 2.05) is 0 Å². The lowest BCUT2D eigenvalue weighted by molar-refractivity contribution is -0.137. The largest absolute Gasteiger partial charge is 0.416 e. The highest BCUT2D eigenvalue weighted by molar-refractivity contribution is 6.34. The predicted molar refractivity (Wildman–Crippen MR) is 94.7 cm³/mol. The van der Waals surface area contributed by atoms with Crippen LogP contribution in [0.25, 0.3) is 11.6 Å². The van der Waals surface area contributed by atoms with Gasteiger partial charge in [-0.3, -0.25) is 4.79 Å². The zero-order valence-electron chi connectivity index (χ0n) is 14.6. The van der Waals surface area contributed by atoms with E-state index < -0.39 is 11.7 Å². The maximum absolute atomic E-state index is 12.9. The molecule has 4 rings (SSSR count). The second-order valence-corrected chi connectivity index (χ2v) is 7.62. The fourth-order valence-electron chi connectivity index (χ4n) is 3.91. The average Bonchev–Trinajstić information content (AvgIpc) is 3.08. The van der Waals surface area contributed by atoms with Crippen molar-refractivity contribution in [2.24, 2.45) is 0 Å². The van der Waals surface area contributed by atoms with Crippen LogP contribution in [-0.4, -0.2) is 10.9 Å². The van der Waals surface area contributed by atoms with Gasteiger partial charge in [0.25, 0.3) is 5.91 Å². The van der Waals surface area contributed by atoms with Crippen molar-refractivity contribution in [1.29, 1.82) is 0 Å². The number of fused-ring (bicyclic) bond motifs is 2. The number of hydrogen-bond donors (Lipinski definition) is 2. The molecule has 6 heteroatoms. The molecule has 2 heterocycles. The van der Waals surface area contributed by atoms with Crippen LogP contribution in [0.2, 0.25) is 0 Å². The van der Waals surface area contributed by atoms with E-state index in [-0.39, 0.29) is 17.0 Å². The van der Waals surface area contributed by atoms with Crippen molar-refractivity contribution in [1.82, 2.24) is 4.98 Å². The molecular weight excluding hydrogens is 341 g/mol. The van der Waals surface area contributed by atoms with E-state index >= 15 is 0 Å². The number of aryl methyl sites for hydroxylation is 1. The number of aromatic amines is 1. The number of H-pyrrole nitrogens is 1. The first-order chi connectivity index (χ1) is 12.1. The summed E-state index contributed by atoms with van der Waals surface area (Å²) in [6.45, 7) is 4.40. The Morgan fingerprint density at radius 1 is 1.19 bits per heavy atom. The van der Waals surface area contributed by atoms with Crippen molar-refractivity contribution in [3.05, 3.63) is 52.3 Å². The summed E-state index contributed by atoms with van der Waals surface area (Å²) in [7, 11) is 0. The predicted octanol–water partition coefficient (Wildman–Crippen LogP) is 5.14. The highest BCUT2D eigenvalue weighted by Gasteiger charge is 2.34. The van der Waals surface area contributed by atoms with E-state index in [1.54, 1.807) is 6.08 Å². The SMILES string of the molecule is CC1(C)CCCc2[nH]c(C=C3C(=O)Nc4cc(C(F)(F)F)ccc43)cc21. The first-order valence-electron chi connectivity index (χ1n) is 8.62. The number of nitrogens with one attached hydrogen (secondary N) is 2. The average molecular weight is 360 g/mol. The van der Waals surface area contributed by atoms with Gasteiger partial charge < -0.3 is 10.3 Å². The van der Waals surface area contributed by atoms with Crippen LogP contribution in [0.1, 0.15) is 54.8 Å². The Hall–Kier alpha value is -2.50. The molecule has 136 valence electrons. The minimum Gasteiger partial charge on any atom is -0.359 e. The number of anilines is 1. The zero-order chi connectivity index (χ0) is 18.7. The maximum atomic E-state index is 12.9. The van der Waals surface area contributed by atoms with Gasteiger partial charge in [-0.2, -0.15) is 13.2 Å². The van der Waals surface area contributed by atoms with Crippen LogP contribution >= 0.6 is 0 Å². The Balaban J connectivity index is 1.74. The summed E-state index contributed by atoms with van der Waals surface area (Å²) in [6.07, 6.45) is 0.482. The lowest BCUT2D eigenvalue weighted by Crippen LogP contribution is -2.22. The molecule has 1 aromatic heterocycles. The van der Waals surface area contributed by atoms with Gasteiger partial charge in [0.05, 0.1) is 11.1 Å². The molecule has 1 aliphatic heterocycles. The minimum atomic E-state index is -4.43. The van der Waals surface area contributed by atoms with Gasteiger partial charge >= 0.3 is 6.18 Å². The Morgan fingerprint density at radius 3 is 2.65 bits per heavy atom. The molecule has 2 aromatic rings. The Bertz CT molecular complexity index is 935. The van der Waals surface area contributed by atoms with E-state index in [0.29, 0.717) is 11.1 Å². The molecule has 0 saturated carbocycles. The summed E-state index contributed by atoms with van der Waals surface area (Å²) in [4.78, 5) is 15.7. The quantitative estimate of drug-likeness (QED) is 0.680. The highest BCUT2D eigenvalue weighted by Crippen LogP contribution is 2.40. The molecule has 0 atom stereocenters. The molecule has 0 fully saturated rings. The van der Waals surface area contributed by atoms with Crippen molar-refractivity contribution in [2.75, 3.05) is 5.32 Å². The number of benzene rings is 1. The Labute approximate surface area is 149 Å². The number of alkyl halides is 3. The van der Waals surface area contributed by atoms with Crippen molar-refractivity contribution in [3.63, 3.8) is 0 Å². The molecule has 3 nitrogen and oxygen atoms in total. The first kappa shape index (κ1) is 16.9. The van der Waals surface area contributed by atoms with Gasteiger partial charge in [0, 0.05) is 22.6 Å². The fraction of sp³-hybridized carbons (Fsp3) is 0.350. The van der Waals surface area contributed by atoms with Crippen LogP contribution in [0.5, 0.6) is 0 Å². The third-order valence-electron chi connectivity index (χ3n) is 5.31. The van der Waals surface area contributed by atoms with Crippen molar-refractivity contribution >= 4 is 23.2 Å². The molecule has 0 spiro atoms. The van der Waals surface area contributed by atoms with Gasteiger partial charge in [0.1, 0.15) is 0 Å². The van der Waals surface area contributed by atoms with Gasteiger partial charge in [-0.05, 0) is 54.5 Å². The molecule has 1 aromatic carbocycles. The lowest BCUT2D eigenvalue weighted by Gasteiger charge is -2.29. The van der Waals surface area contributed by atoms with Gasteiger partial charge in [0.2, 0.25) is 0 Å². The monoisotopic (exact) mass is 360 g/mol. The minimum absolute atomic E-state index is 0.0816. The number of carbonyl (C=O) groups excluding carboxylic acids is 1. The van der Waals surface area contributed by atoms with E-state index in [1.165, 1.54) is 17.3 Å². The highest BCUT2D eigenvalue weighted by atomic mass is 19.4. The molecule has 0 saturated heterocycles. The Kier molecular flexibility index (Phi) is 3.58. The third kappa shape index (κ3) is 2.73. The molecule has 2 aliphatic rings. The van der Waals surface area contributed by atoms with Gasteiger partial charge in [-0.15, -0.1) is 0 Å². The van der Waals surface area contributed by atoms with E-state index in [0.717, 1.165) is 37.1 Å². The molecule has 0 unspecified atom stereocenters. The summed E-state index contributed by atoms with van der Waals surface area (Å²) >= 11 is 0. The Morgan fingerprint density at radius 2 is 1.96 bits per heavy atom.